The van der Waals surface area contributed by atoms with E-state index in [1.54, 1.807) is 18.4 Å². The van der Waals surface area contributed by atoms with Gasteiger partial charge in [-0.1, -0.05) is 24.3 Å². The maximum atomic E-state index is 12.0. The summed E-state index contributed by atoms with van der Waals surface area (Å²) in [6.07, 6.45) is 0. The van der Waals surface area contributed by atoms with Crippen LogP contribution in [-0.4, -0.2) is 31.5 Å². The molecule has 1 heterocycles. The zero-order valence-electron chi connectivity index (χ0n) is 13.3. The number of thiophene rings is 1. The fourth-order valence-electron chi connectivity index (χ4n) is 2.26. The molecule has 0 aliphatic rings. The molecule has 1 amide bonds. The Morgan fingerprint density at radius 1 is 1.30 bits per heavy atom. The number of nitrogens with one attached hydrogen (secondary N) is 1. The van der Waals surface area contributed by atoms with Gasteiger partial charge < -0.3 is 10.1 Å². The van der Waals surface area contributed by atoms with E-state index in [0.29, 0.717) is 19.7 Å². The molecule has 23 heavy (non-hydrogen) atoms. The molecule has 2 rings (SSSR count). The van der Waals surface area contributed by atoms with Gasteiger partial charge in [0.05, 0.1) is 16.9 Å². The Hall–Kier alpha value is -1.21. The van der Waals surface area contributed by atoms with Crippen molar-refractivity contribution in [2.24, 2.45) is 0 Å². The van der Waals surface area contributed by atoms with Gasteiger partial charge in [-0.3, -0.25) is 9.69 Å². The summed E-state index contributed by atoms with van der Waals surface area (Å²) in [5.74, 6) is 0.0280. The van der Waals surface area contributed by atoms with E-state index >= 15 is 0 Å². The van der Waals surface area contributed by atoms with Crippen LogP contribution < -0.4 is 5.32 Å². The molecule has 1 aromatic carbocycles. The van der Waals surface area contributed by atoms with Crippen LogP contribution in [0, 0.1) is 0 Å². The zero-order valence-corrected chi connectivity index (χ0v) is 15.7. The number of carbonyl (C=O) groups excluding carboxylic acids is 1. The first kappa shape index (κ1) is 18.1. The van der Waals surface area contributed by atoms with Crippen LogP contribution in [0.5, 0.6) is 0 Å². The summed E-state index contributed by atoms with van der Waals surface area (Å²) in [4.78, 5) is 15.3. The highest BCUT2D eigenvalue weighted by molar-refractivity contribution is 9.11. The van der Waals surface area contributed by atoms with E-state index in [0.717, 1.165) is 21.5 Å². The van der Waals surface area contributed by atoms with E-state index in [2.05, 4.69) is 33.4 Å². The van der Waals surface area contributed by atoms with Crippen molar-refractivity contribution in [1.82, 2.24) is 10.2 Å². The summed E-state index contributed by atoms with van der Waals surface area (Å²) in [6.45, 7) is 2.27. The molecule has 0 bridgehead atoms. The Kier molecular flexibility index (Phi) is 7.23. The van der Waals surface area contributed by atoms with Crippen LogP contribution in [0.4, 0.5) is 0 Å². The van der Waals surface area contributed by atoms with Gasteiger partial charge in [0.2, 0.25) is 5.91 Å². The van der Waals surface area contributed by atoms with Crippen molar-refractivity contribution in [3.63, 3.8) is 0 Å². The van der Waals surface area contributed by atoms with Crippen molar-refractivity contribution < 1.29 is 9.53 Å². The molecule has 4 nitrogen and oxygen atoms in total. The Labute approximate surface area is 149 Å². The van der Waals surface area contributed by atoms with Crippen molar-refractivity contribution in [3.8, 4) is 0 Å². The lowest BCUT2D eigenvalue weighted by molar-refractivity contribution is -0.122. The smallest absolute Gasteiger partial charge is 0.234 e. The average Bonchev–Trinajstić information content (AvgIpc) is 2.91. The molecule has 0 saturated carbocycles. The number of likely N-dealkylation sites (N-methyl/N-ethyl adjacent to an activating group) is 1. The number of methoxy groups -OCH3 is 1. The minimum absolute atomic E-state index is 0.0280. The van der Waals surface area contributed by atoms with Gasteiger partial charge in [0.15, 0.2) is 0 Å². The van der Waals surface area contributed by atoms with Crippen LogP contribution in [0.15, 0.2) is 40.2 Å². The van der Waals surface area contributed by atoms with E-state index in [4.69, 9.17) is 4.74 Å². The fourth-order valence-corrected chi connectivity index (χ4v) is 3.82. The van der Waals surface area contributed by atoms with Gasteiger partial charge in [-0.05, 0) is 46.2 Å². The van der Waals surface area contributed by atoms with Crippen LogP contribution in [0.1, 0.15) is 16.0 Å². The predicted octanol–water partition coefficient (Wildman–Crippen LogP) is 3.41. The molecule has 124 valence electrons. The molecule has 0 saturated heterocycles. The number of hydrogen-bond acceptors (Lipinski definition) is 4. The molecule has 0 spiro atoms. The van der Waals surface area contributed by atoms with Gasteiger partial charge >= 0.3 is 0 Å². The monoisotopic (exact) mass is 396 g/mol. The normalized spacial score (nSPS) is 11.0. The first-order valence-electron chi connectivity index (χ1n) is 7.33. The second-order valence-corrected chi connectivity index (χ2v) is 7.96. The lowest BCUT2D eigenvalue weighted by Gasteiger charge is -2.15. The van der Waals surface area contributed by atoms with Gasteiger partial charge in [0.1, 0.15) is 0 Å². The highest BCUT2D eigenvalue weighted by Gasteiger charge is 2.08. The molecule has 0 fully saturated rings. The minimum atomic E-state index is 0.0280. The van der Waals surface area contributed by atoms with Crippen molar-refractivity contribution in [2.75, 3.05) is 20.7 Å². The topological polar surface area (TPSA) is 41.6 Å². The number of hydrogen-bond donors (Lipinski definition) is 1. The van der Waals surface area contributed by atoms with Gasteiger partial charge in [0.25, 0.3) is 0 Å². The van der Waals surface area contributed by atoms with E-state index in [1.165, 1.54) is 4.88 Å². The van der Waals surface area contributed by atoms with Crippen molar-refractivity contribution in [1.29, 1.82) is 0 Å². The molecule has 2 aromatic rings. The number of benzene rings is 1. The second-order valence-electron chi connectivity index (χ2n) is 5.41. The Morgan fingerprint density at radius 3 is 2.78 bits per heavy atom. The Bertz CT molecular complexity index is 645. The lowest BCUT2D eigenvalue weighted by Crippen LogP contribution is -2.34. The number of nitrogens with zero attached hydrogens (tertiary/aromatic N) is 1. The number of carbonyl (C=O) groups is 1. The van der Waals surface area contributed by atoms with Crippen LogP contribution in [0.3, 0.4) is 0 Å². The third kappa shape index (κ3) is 6.43. The van der Waals surface area contributed by atoms with E-state index in [-0.39, 0.29) is 5.91 Å². The molecular formula is C17H21BrN2O2S. The van der Waals surface area contributed by atoms with Gasteiger partial charge in [-0.2, -0.15) is 0 Å². The van der Waals surface area contributed by atoms with Crippen LogP contribution in [0.2, 0.25) is 0 Å². The fraction of sp³-hybridized carbons (Fsp3) is 0.353. The van der Waals surface area contributed by atoms with Crippen LogP contribution in [0.25, 0.3) is 0 Å². The molecule has 0 radical (unpaired) electrons. The third-order valence-corrected chi connectivity index (χ3v) is 4.87. The SMILES string of the molecule is COCc1cccc(CNC(=O)CN(C)Cc2ccc(Br)s2)c1. The van der Waals surface area contributed by atoms with Crippen molar-refractivity contribution in [2.45, 2.75) is 19.7 Å². The third-order valence-electron chi connectivity index (χ3n) is 3.26. The molecule has 0 aliphatic carbocycles. The molecule has 0 aliphatic heterocycles. The van der Waals surface area contributed by atoms with Gasteiger partial charge in [-0.25, -0.2) is 0 Å². The summed E-state index contributed by atoms with van der Waals surface area (Å²) in [7, 11) is 3.63. The number of ether oxygens (including phenoxy) is 1. The highest BCUT2D eigenvalue weighted by Crippen LogP contribution is 2.22. The first-order valence-corrected chi connectivity index (χ1v) is 8.94. The first-order chi connectivity index (χ1) is 11.1. The summed E-state index contributed by atoms with van der Waals surface area (Å²) in [5, 5.41) is 2.96. The molecule has 0 unspecified atom stereocenters. The molecular weight excluding hydrogens is 376 g/mol. The minimum Gasteiger partial charge on any atom is -0.380 e. The number of rotatable bonds is 8. The zero-order chi connectivity index (χ0) is 16.7. The molecule has 1 aromatic heterocycles. The Morgan fingerprint density at radius 2 is 2.09 bits per heavy atom. The largest absolute Gasteiger partial charge is 0.380 e. The molecule has 6 heteroatoms. The standard InChI is InChI=1S/C17H21BrN2O2S/c1-20(10-15-6-7-16(18)23-15)11-17(21)19-9-13-4-3-5-14(8-13)12-22-2/h3-8H,9-12H2,1-2H3,(H,19,21). The number of halogens is 1. The summed E-state index contributed by atoms with van der Waals surface area (Å²) < 4.78 is 6.24. The van der Waals surface area contributed by atoms with Crippen LogP contribution in [-0.2, 0) is 29.2 Å². The Balaban J connectivity index is 1.77. The van der Waals surface area contributed by atoms with Crippen molar-refractivity contribution >= 4 is 33.2 Å². The van der Waals surface area contributed by atoms with Gasteiger partial charge in [0, 0.05) is 25.1 Å². The highest BCUT2D eigenvalue weighted by atomic mass is 79.9. The molecule has 1 N–H and O–H groups in total. The van der Waals surface area contributed by atoms with Crippen LogP contribution >= 0.6 is 27.3 Å². The maximum Gasteiger partial charge on any atom is 0.234 e. The average molecular weight is 397 g/mol. The van der Waals surface area contributed by atoms with E-state index in [9.17, 15) is 4.79 Å². The maximum absolute atomic E-state index is 12.0. The van der Waals surface area contributed by atoms with E-state index < -0.39 is 0 Å². The quantitative estimate of drug-likeness (QED) is 0.743. The van der Waals surface area contributed by atoms with Crippen molar-refractivity contribution in [3.05, 3.63) is 56.2 Å². The summed E-state index contributed by atoms with van der Waals surface area (Å²) in [6, 6.07) is 12.2. The summed E-state index contributed by atoms with van der Waals surface area (Å²) >= 11 is 5.14. The predicted molar refractivity (Wildman–Crippen MR) is 97.4 cm³/mol. The van der Waals surface area contributed by atoms with E-state index in [1.807, 2.05) is 36.2 Å². The van der Waals surface area contributed by atoms with Gasteiger partial charge in [-0.15, -0.1) is 11.3 Å². The molecule has 0 atom stereocenters. The number of amides is 1. The summed E-state index contributed by atoms with van der Waals surface area (Å²) in [5.41, 5.74) is 2.19. The lowest BCUT2D eigenvalue weighted by atomic mass is 10.1. The second kappa shape index (κ2) is 9.17.